The van der Waals surface area contributed by atoms with E-state index in [2.05, 4.69) is 36.6 Å². The number of halogens is 3. The summed E-state index contributed by atoms with van der Waals surface area (Å²) in [5.74, 6) is -0.803. The number of hydrogen-bond donors (Lipinski definition) is 1. The van der Waals surface area contributed by atoms with Crippen LogP contribution in [0, 0.1) is 5.82 Å². The Balaban J connectivity index is 2.41. The first kappa shape index (κ1) is 15.5. The number of benzene rings is 2. The highest BCUT2D eigenvalue weighted by Crippen LogP contribution is 2.24. The van der Waals surface area contributed by atoms with E-state index in [0.29, 0.717) is 15.5 Å². The first-order chi connectivity index (χ1) is 9.44. The van der Waals surface area contributed by atoms with Crippen LogP contribution in [0.2, 0.25) is 0 Å². The lowest BCUT2D eigenvalue weighted by Gasteiger charge is -2.11. The van der Waals surface area contributed by atoms with E-state index in [1.54, 1.807) is 24.3 Å². The molecule has 0 aliphatic heterocycles. The van der Waals surface area contributed by atoms with Crippen LogP contribution in [-0.4, -0.2) is 8.42 Å². The van der Waals surface area contributed by atoms with Gasteiger partial charge in [0.1, 0.15) is 10.7 Å². The number of para-hydroxylation sites is 1. The number of hydrogen-bond acceptors (Lipinski definition) is 2. The molecular weight excluding hydrogens is 413 g/mol. The van der Waals surface area contributed by atoms with Gasteiger partial charge in [-0.3, -0.25) is 4.72 Å². The van der Waals surface area contributed by atoms with Crippen LogP contribution in [0.3, 0.4) is 0 Å². The highest BCUT2D eigenvalue weighted by molar-refractivity contribution is 9.10. The van der Waals surface area contributed by atoms with Gasteiger partial charge in [0.05, 0.1) is 5.69 Å². The number of nitrogens with one attached hydrogen (secondary N) is 1. The van der Waals surface area contributed by atoms with E-state index in [9.17, 15) is 12.8 Å². The highest BCUT2D eigenvalue weighted by atomic mass is 79.9. The maximum Gasteiger partial charge on any atom is 0.264 e. The Bertz CT molecular complexity index is 735. The smallest absolute Gasteiger partial charge is 0.264 e. The van der Waals surface area contributed by atoms with E-state index in [4.69, 9.17) is 0 Å². The average molecular weight is 423 g/mol. The van der Waals surface area contributed by atoms with Crippen molar-refractivity contribution in [1.29, 1.82) is 0 Å². The predicted octanol–water partition coefficient (Wildman–Crippen LogP) is 4.28. The lowest BCUT2D eigenvalue weighted by atomic mass is 10.2. The van der Waals surface area contributed by atoms with Crippen LogP contribution < -0.4 is 4.72 Å². The third-order valence-electron chi connectivity index (χ3n) is 2.59. The molecule has 0 aliphatic rings. The summed E-state index contributed by atoms with van der Waals surface area (Å²) in [6.45, 7) is 0. The number of sulfonamides is 1. The molecular formula is C13H10Br2FNO2S. The Morgan fingerprint density at radius 3 is 2.50 bits per heavy atom. The van der Waals surface area contributed by atoms with Crippen molar-refractivity contribution >= 4 is 47.6 Å². The second-order valence-corrected chi connectivity index (χ2v) is 7.10. The third kappa shape index (κ3) is 3.39. The molecule has 0 spiro atoms. The molecule has 3 nitrogen and oxygen atoms in total. The molecule has 1 N–H and O–H groups in total. The fourth-order valence-corrected chi connectivity index (χ4v) is 3.61. The van der Waals surface area contributed by atoms with E-state index in [1.807, 2.05) is 0 Å². The molecule has 20 heavy (non-hydrogen) atoms. The zero-order chi connectivity index (χ0) is 14.8. The number of anilines is 1. The largest absolute Gasteiger partial charge is 0.279 e. The summed E-state index contributed by atoms with van der Waals surface area (Å²) in [5, 5.41) is 0.495. The van der Waals surface area contributed by atoms with Crippen molar-refractivity contribution in [2.75, 3.05) is 4.72 Å². The molecule has 0 atom stereocenters. The Kier molecular flexibility index (Phi) is 4.82. The molecule has 0 radical (unpaired) electrons. The van der Waals surface area contributed by atoms with Gasteiger partial charge in [-0.25, -0.2) is 12.8 Å². The van der Waals surface area contributed by atoms with E-state index in [1.165, 1.54) is 12.1 Å². The minimum atomic E-state index is -3.96. The fraction of sp³-hybridized carbons (Fsp3) is 0.0769. The minimum Gasteiger partial charge on any atom is -0.279 e. The van der Waals surface area contributed by atoms with Gasteiger partial charge < -0.3 is 0 Å². The quantitative estimate of drug-likeness (QED) is 0.747. The summed E-state index contributed by atoms with van der Waals surface area (Å²) >= 11 is 6.37. The summed E-state index contributed by atoms with van der Waals surface area (Å²) < 4.78 is 41.1. The van der Waals surface area contributed by atoms with Gasteiger partial charge in [-0.1, -0.05) is 50.1 Å². The van der Waals surface area contributed by atoms with E-state index in [-0.39, 0.29) is 4.90 Å². The van der Waals surface area contributed by atoms with E-state index in [0.717, 1.165) is 11.6 Å². The topological polar surface area (TPSA) is 46.2 Å². The molecule has 0 fully saturated rings. The normalized spacial score (nSPS) is 11.3. The zero-order valence-corrected chi connectivity index (χ0v) is 14.1. The first-order valence-electron chi connectivity index (χ1n) is 5.56. The molecule has 2 rings (SSSR count). The Morgan fingerprint density at radius 1 is 1.15 bits per heavy atom. The summed E-state index contributed by atoms with van der Waals surface area (Å²) in [7, 11) is -3.96. The fourth-order valence-electron chi connectivity index (χ4n) is 1.63. The molecule has 0 aromatic heterocycles. The monoisotopic (exact) mass is 421 g/mol. The molecule has 0 amide bonds. The summed E-state index contributed by atoms with van der Waals surface area (Å²) in [5.41, 5.74) is 1.19. The van der Waals surface area contributed by atoms with E-state index >= 15 is 0 Å². The summed E-state index contributed by atoms with van der Waals surface area (Å²) in [4.78, 5) is -0.384. The first-order valence-corrected chi connectivity index (χ1v) is 8.95. The Hall–Kier alpha value is -0.920. The number of alkyl halides is 1. The maximum absolute atomic E-state index is 13.8. The van der Waals surface area contributed by atoms with Crippen molar-refractivity contribution in [3.05, 3.63) is 58.3 Å². The van der Waals surface area contributed by atoms with Gasteiger partial charge in [-0.15, -0.1) is 0 Å². The second kappa shape index (κ2) is 6.24. The van der Waals surface area contributed by atoms with Gasteiger partial charge in [0.2, 0.25) is 0 Å². The van der Waals surface area contributed by atoms with Crippen molar-refractivity contribution in [2.24, 2.45) is 0 Å². The van der Waals surface area contributed by atoms with Crippen LogP contribution in [-0.2, 0) is 15.4 Å². The van der Waals surface area contributed by atoms with Gasteiger partial charge in [0, 0.05) is 9.80 Å². The van der Waals surface area contributed by atoms with E-state index < -0.39 is 15.8 Å². The van der Waals surface area contributed by atoms with Crippen molar-refractivity contribution in [3.8, 4) is 0 Å². The lowest BCUT2D eigenvalue weighted by molar-refractivity contribution is 0.570. The molecule has 0 saturated carbocycles. The molecule has 0 heterocycles. The van der Waals surface area contributed by atoms with Crippen LogP contribution in [0.25, 0.3) is 0 Å². The van der Waals surface area contributed by atoms with Crippen LogP contribution in [0.5, 0.6) is 0 Å². The number of rotatable bonds is 4. The molecule has 106 valence electrons. The standard InChI is InChI=1S/C13H10Br2FNO2S/c14-8-9-3-1-2-4-12(9)17-20(18,19)13-6-5-10(15)7-11(13)16/h1-7,17H,8H2. The summed E-state index contributed by atoms with van der Waals surface area (Å²) in [6, 6.07) is 10.7. The Morgan fingerprint density at radius 2 is 1.85 bits per heavy atom. The molecule has 0 bridgehead atoms. The highest BCUT2D eigenvalue weighted by Gasteiger charge is 2.20. The van der Waals surface area contributed by atoms with Gasteiger partial charge >= 0.3 is 0 Å². The Labute approximate surface area is 133 Å². The van der Waals surface area contributed by atoms with Gasteiger partial charge in [0.25, 0.3) is 10.0 Å². The van der Waals surface area contributed by atoms with Gasteiger partial charge in [0.15, 0.2) is 0 Å². The van der Waals surface area contributed by atoms with Crippen molar-refractivity contribution in [3.63, 3.8) is 0 Å². The SMILES string of the molecule is O=S(=O)(Nc1ccccc1CBr)c1ccc(Br)cc1F. The second-order valence-electron chi connectivity index (χ2n) is 3.97. The van der Waals surface area contributed by atoms with Crippen molar-refractivity contribution in [1.82, 2.24) is 0 Å². The van der Waals surface area contributed by atoms with Crippen LogP contribution in [0.15, 0.2) is 51.8 Å². The van der Waals surface area contributed by atoms with Gasteiger partial charge in [-0.05, 0) is 29.8 Å². The summed E-state index contributed by atoms with van der Waals surface area (Å²) in [6.07, 6.45) is 0. The molecule has 0 unspecified atom stereocenters. The van der Waals surface area contributed by atoms with Crippen LogP contribution in [0.4, 0.5) is 10.1 Å². The van der Waals surface area contributed by atoms with Crippen molar-refractivity contribution < 1.29 is 12.8 Å². The van der Waals surface area contributed by atoms with Crippen LogP contribution >= 0.6 is 31.9 Å². The molecule has 0 aliphatic carbocycles. The molecule has 2 aromatic rings. The molecule has 0 saturated heterocycles. The lowest BCUT2D eigenvalue weighted by Crippen LogP contribution is -2.15. The molecule has 7 heteroatoms. The average Bonchev–Trinajstić information content (AvgIpc) is 2.38. The predicted molar refractivity (Wildman–Crippen MR) is 84.0 cm³/mol. The zero-order valence-electron chi connectivity index (χ0n) is 10.1. The maximum atomic E-state index is 13.8. The minimum absolute atomic E-state index is 0.384. The third-order valence-corrected chi connectivity index (χ3v) is 5.09. The van der Waals surface area contributed by atoms with Crippen molar-refractivity contribution in [2.45, 2.75) is 10.2 Å². The van der Waals surface area contributed by atoms with Crippen LogP contribution in [0.1, 0.15) is 5.56 Å². The van der Waals surface area contributed by atoms with Gasteiger partial charge in [-0.2, -0.15) is 0 Å². The molecule has 2 aromatic carbocycles.